The van der Waals surface area contributed by atoms with E-state index in [4.69, 9.17) is 5.11 Å². The van der Waals surface area contributed by atoms with Crippen LogP contribution in [0.4, 0.5) is 0 Å². The standard InChI is InChI=1S/C8H16O4/c1-6(2)7(3,11)8(6,12)5(10)4-9/h5,9-12H,4H2,1-3H3/t5-,7-,8+/m1/s1. The lowest BCUT2D eigenvalue weighted by Crippen LogP contribution is -2.39. The summed E-state index contributed by atoms with van der Waals surface area (Å²) in [5.41, 5.74) is -3.70. The van der Waals surface area contributed by atoms with Crippen LogP contribution in [0.15, 0.2) is 0 Å². The summed E-state index contributed by atoms with van der Waals surface area (Å²) >= 11 is 0. The zero-order valence-corrected chi connectivity index (χ0v) is 7.57. The Hall–Kier alpha value is -0.160. The van der Waals surface area contributed by atoms with E-state index in [1.807, 2.05) is 0 Å². The van der Waals surface area contributed by atoms with E-state index in [-0.39, 0.29) is 0 Å². The summed E-state index contributed by atoms with van der Waals surface area (Å²) in [6.45, 7) is 4.19. The van der Waals surface area contributed by atoms with Gasteiger partial charge in [0.1, 0.15) is 17.3 Å². The van der Waals surface area contributed by atoms with Gasteiger partial charge in [0.2, 0.25) is 0 Å². The van der Waals surface area contributed by atoms with Crippen molar-refractivity contribution in [3.05, 3.63) is 0 Å². The highest BCUT2D eigenvalue weighted by Gasteiger charge is 2.82. The van der Waals surface area contributed by atoms with Crippen LogP contribution in [-0.4, -0.2) is 44.3 Å². The molecule has 72 valence electrons. The third-order valence-corrected chi connectivity index (χ3v) is 3.50. The van der Waals surface area contributed by atoms with Gasteiger partial charge in [-0.25, -0.2) is 0 Å². The average molecular weight is 176 g/mol. The lowest BCUT2D eigenvalue weighted by molar-refractivity contribution is -0.0796. The van der Waals surface area contributed by atoms with Crippen LogP contribution in [0.2, 0.25) is 0 Å². The summed E-state index contributed by atoms with van der Waals surface area (Å²) in [5, 5.41) is 37.4. The summed E-state index contributed by atoms with van der Waals surface area (Å²) in [6.07, 6.45) is -1.29. The molecule has 1 aliphatic rings. The maximum Gasteiger partial charge on any atom is 0.129 e. The minimum Gasteiger partial charge on any atom is -0.394 e. The Kier molecular flexibility index (Phi) is 1.82. The molecule has 3 atom stereocenters. The van der Waals surface area contributed by atoms with Gasteiger partial charge >= 0.3 is 0 Å². The second-order valence-electron chi connectivity index (χ2n) is 4.16. The first-order valence-electron chi connectivity index (χ1n) is 3.97. The molecule has 4 heteroatoms. The van der Waals surface area contributed by atoms with Gasteiger partial charge < -0.3 is 20.4 Å². The fraction of sp³-hybridized carbons (Fsp3) is 1.00. The van der Waals surface area contributed by atoms with E-state index in [0.29, 0.717) is 0 Å². The highest BCUT2D eigenvalue weighted by molar-refractivity contribution is 5.32. The second kappa shape index (κ2) is 2.20. The van der Waals surface area contributed by atoms with E-state index in [9.17, 15) is 15.3 Å². The van der Waals surface area contributed by atoms with Gasteiger partial charge in [0.25, 0.3) is 0 Å². The molecule has 0 amide bonds. The molecule has 1 saturated carbocycles. The minimum absolute atomic E-state index is 0.546. The summed E-state index contributed by atoms with van der Waals surface area (Å²) in [5.74, 6) is 0. The van der Waals surface area contributed by atoms with Crippen molar-refractivity contribution in [2.75, 3.05) is 6.61 Å². The molecule has 0 aliphatic heterocycles. The minimum atomic E-state index is -1.59. The Labute approximate surface area is 71.5 Å². The van der Waals surface area contributed by atoms with E-state index in [0.717, 1.165) is 0 Å². The largest absolute Gasteiger partial charge is 0.394 e. The van der Waals surface area contributed by atoms with Crippen molar-refractivity contribution >= 4 is 0 Å². The highest BCUT2D eigenvalue weighted by atomic mass is 16.4. The summed E-state index contributed by atoms with van der Waals surface area (Å²) < 4.78 is 0. The van der Waals surface area contributed by atoms with Crippen molar-refractivity contribution in [3.8, 4) is 0 Å². The Bertz CT molecular complexity index is 183. The fourth-order valence-electron chi connectivity index (χ4n) is 1.96. The van der Waals surface area contributed by atoms with Crippen LogP contribution in [0.5, 0.6) is 0 Å². The molecular formula is C8H16O4. The van der Waals surface area contributed by atoms with Crippen LogP contribution in [0, 0.1) is 5.41 Å². The molecule has 4 nitrogen and oxygen atoms in total. The van der Waals surface area contributed by atoms with Crippen molar-refractivity contribution in [2.45, 2.75) is 38.1 Å². The average Bonchev–Trinajstić information content (AvgIpc) is 2.28. The molecule has 0 spiro atoms. The van der Waals surface area contributed by atoms with Crippen molar-refractivity contribution in [1.29, 1.82) is 0 Å². The molecule has 0 aromatic heterocycles. The monoisotopic (exact) mass is 176 g/mol. The molecule has 0 aromatic carbocycles. The Morgan fingerprint density at radius 1 is 1.17 bits per heavy atom. The predicted octanol–water partition coefficient (Wildman–Crippen LogP) is -1.14. The van der Waals surface area contributed by atoms with E-state index < -0.39 is 29.3 Å². The van der Waals surface area contributed by atoms with E-state index >= 15 is 0 Å². The first-order chi connectivity index (χ1) is 5.23. The summed E-state index contributed by atoms with van der Waals surface area (Å²) in [4.78, 5) is 0. The Morgan fingerprint density at radius 3 is 1.58 bits per heavy atom. The van der Waals surface area contributed by atoms with E-state index in [2.05, 4.69) is 0 Å². The van der Waals surface area contributed by atoms with Crippen molar-refractivity contribution < 1.29 is 20.4 Å². The maximum atomic E-state index is 9.79. The molecule has 1 fully saturated rings. The molecule has 0 bridgehead atoms. The molecule has 0 saturated heterocycles. The van der Waals surface area contributed by atoms with Gasteiger partial charge in [0.15, 0.2) is 0 Å². The van der Waals surface area contributed by atoms with Crippen LogP contribution in [0.25, 0.3) is 0 Å². The van der Waals surface area contributed by atoms with Crippen molar-refractivity contribution in [2.24, 2.45) is 5.41 Å². The van der Waals surface area contributed by atoms with Crippen LogP contribution in [-0.2, 0) is 0 Å². The van der Waals surface area contributed by atoms with E-state index in [1.54, 1.807) is 13.8 Å². The number of hydrogen-bond donors (Lipinski definition) is 4. The Morgan fingerprint density at radius 2 is 1.50 bits per heavy atom. The summed E-state index contributed by atoms with van der Waals surface area (Å²) in [6, 6.07) is 0. The molecule has 0 heterocycles. The van der Waals surface area contributed by atoms with Crippen molar-refractivity contribution in [1.82, 2.24) is 0 Å². The lowest BCUT2D eigenvalue weighted by Gasteiger charge is -2.18. The lowest BCUT2D eigenvalue weighted by atomic mass is 10.0. The second-order valence-corrected chi connectivity index (χ2v) is 4.16. The quantitative estimate of drug-likeness (QED) is 0.429. The molecule has 0 unspecified atom stereocenters. The first kappa shape index (κ1) is 9.92. The molecule has 1 aliphatic carbocycles. The normalized spacial score (nSPS) is 47.2. The predicted molar refractivity (Wildman–Crippen MR) is 42.4 cm³/mol. The summed E-state index contributed by atoms with van der Waals surface area (Å²) in [7, 11) is 0. The van der Waals surface area contributed by atoms with Crippen LogP contribution in [0.3, 0.4) is 0 Å². The van der Waals surface area contributed by atoms with Crippen molar-refractivity contribution in [3.63, 3.8) is 0 Å². The molecular weight excluding hydrogens is 160 g/mol. The number of aliphatic hydroxyl groups is 4. The number of hydrogen-bond acceptors (Lipinski definition) is 4. The van der Waals surface area contributed by atoms with Gasteiger partial charge in [0.05, 0.1) is 6.61 Å². The van der Waals surface area contributed by atoms with Gasteiger partial charge in [-0.05, 0) is 6.92 Å². The third-order valence-electron chi connectivity index (χ3n) is 3.50. The molecule has 0 aromatic rings. The highest BCUT2D eigenvalue weighted by Crippen LogP contribution is 2.66. The van der Waals surface area contributed by atoms with Crippen LogP contribution >= 0.6 is 0 Å². The van der Waals surface area contributed by atoms with Gasteiger partial charge in [-0.2, -0.15) is 0 Å². The zero-order valence-electron chi connectivity index (χ0n) is 7.57. The zero-order chi connectivity index (χ0) is 9.78. The first-order valence-corrected chi connectivity index (χ1v) is 3.97. The number of rotatable bonds is 2. The molecule has 1 rings (SSSR count). The third kappa shape index (κ3) is 0.713. The number of aliphatic hydroxyl groups excluding tert-OH is 2. The smallest absolute Gasteiger partial charge is 0.129 e. The van der Waals surface area contributed by atoms with Gasteiger partial charge in [-0.15, -0.1) is 0 Å². The molecule has 0 radical (unpaired) electrons. The van der Waals surface area contributed by atoms with Gasteiger partial charge in [-0.1, -0.05) is 13.8 Å². The Balaban J connectivity index is 2.92. The maximum absolute atomic E-state index is 9.79. The fourth-order valence-corrected chi connectivity index (χ4v) is 1.96. The van der Waals surface area contributed by atoms with E-state index in [1.165, 1.54) is 6.92 Å². The topological polar surface area (TPSA) is 80.9 Å². The van der Waals surface area contributed by atoms with Gasteiger partial charge in [0, 0.05) is 5.41 Å². The molecule has 4 N–H and O–H groups in total. The SMILES string of the molecule is CC1(C)[C@@](C)(O)[C@]1(O)[C@H](O)CO. The van der Waals surface area contributed by atoms with Crippen LogP contribution in [0.1, 0.15) is 20.8 Å². The van der Waals surface area contributed by atoms with Crippen LogP contribution < -0.4 is 0 Å². The molecule has 12 heavy (non-hydrogen) atoms. The van der Waals surface area contributed by atoms with Gasteiger partial charge in [-0.3, -0.25) is 0 Å².